The number of hydrogen-bond acceptors (Lipinski definition) is 9. The summed E-state index contributed by atoms with van der Waals surface area (Å²) in [4.78, 5) is 30.2. The van der Waals surface area contributed by atoms with E-state index in [1.807, 2.05) is 55.4 Å². The van der Waals surface area contributed by atoms with Crippen LogP contribution in [-0.2, 0) is 19.1 Å². The van der Waals surface area contributed by atoms with Gasteiger partial charge < -0.3 is 9.47 Å². The van der Waals surface area contributed by atoms with Crippen LogP contribution in [0.25, 0.3) is 0 Å². The summed E-state index contributed by atoms with van der Waals surface area (Å²) >= 11 is 0. The second-order valence-electron chi connectivity index (χ2n) is 7.66. The average molecular weight is 415 g/mol. The van der Waals surface area contributed by atoms with Crippen LogP contribution in [0.5, 0.6) is 0 Å². The van der Waals surface area contributed by atoms with Crippen molar-refractivity contribution in [3.05, 3.63) is 0 Å². The Morgan fingerprint density at radius 3 is 1.50 bits per heavy atom. The van der Waals surface area contributed by atoms with Gasteiger partial charge in [-0.05, 0) is 60.6 Å². The number of carbonyl (C=O) groups is 2. The normalized spacial score (nSPS) is 16.6. The first-order valence-corrected chi connectivity index (χ1v) is 11.1. The van der Waals surface area contributed by atoms with Gasteiger partial charge in [0, 0.05) is 24.2 Å². The van der Waals surface area contributed by atoms with Crippen LogP contribution in [0.15, 0.2) is 15.2 Å². The van der Waals surface area contributed by atoms with E-state index in [0.29, 0.717) is 0 Å². The second kappa shape index (κ2) is 9.76. The van der Waals surface area contributed by atoms with Gasteiger partial charge in [-0.25, -0.2) is 18.9 Å². The molecule has 1 aliphatic heterocycles. The Balaban J connectivity index is 4.22. The Hall–Kier alpha value is -1.57. The van der Waals surface area contributed by atoms with E-state index >= 15 is 0 Å². The minimum Gasteiger partial charge on any atom is -0.465 e. The largest absolute Gasteiger partial charge is 0.465 e. The zero-order chi connectivity index (χ0) is 21.8. The predicted octanol–water partition coefficient (Wildman–Crippen LogP) is 3.33. The van der Waals surface area contributed by atoms with Gasteiger partial charge in [0.1, 0.15) is 5.29 Å². The van der Waals surface area contributed by atoms with E-state index in [0.717, 1.165) is 0 Å². The Labute approximate surface area is 168 Å². The zero-order valence-electron chi connectivity index (χ0n) is 18.6. The second-order valence-corrected chi connectivity index (χ2v) is 10.3. The molecular weight excluding hydrogens is 381 g/mol. The van der Waals surface area contributed by atoms with Crippen LogP contribution in [0.2, 0.25) is 0 Å². The lowest BCUT2D eigenvalue weighted by molar-refractivity contribution is -0.134. The number of ether oxygens (including phenoxy) is 2. The van der Waals surface area contributed by atoms with Crippen molar-refractivity contribution >= 4 is 30.3 Å². The number of hydrogen-bond donors (Lipinski definition) is 0. The van der Waals surface area contributed by atoms with Crippen molar-refractivity contribution in [2.45, 2.75) is 79.6 Å². The third-order valence-corrected chi connectivity index (χ3v) is 8.81. The summed E-state index contributed by atoms with van der Waals surface area (Å²) in [5.41, 5.74) is -0.143. The van der Waals surface area contributed by atoms with Crippen LogP contribution in [-0.4, -0.2) is 70.7 Å². The molecule has 0 saturated carbocycles. The van der Waals surface area contributed by atoms with Crippen LogP contribution in [0.3, 0.4) is 0 Å². The van der Waals surface area contributed by atoms with E-state index in [9.17, 15) is 9.59 Å². The molecule has 0 aromatic carbocycles. The standard InChI is InChI=1S/C18H34N5O4P/c1-11(2)22(12(3)4)28(23(13(5)6)14(7)8)16(18(25)27-10)15(17(24)26-9)19-20-21-28/h11-14H,1-10H3. The van der Waals surface area contributed by atoms with Gasteiger partial charge in [0.05, 0.1) is 14.2 Å². The van der Waals surface area contributed by atoms with Crippen molar-refractivity contribution in [1.29, 1.82) is 0 Å². The summed E-state index contributed by atoms with van der Waals surface area (Å²) in [5, 5.41) is 7.98. The molecular formula is C18H34N5O4P. The molecule has 1 heterocycles. The summed E-state index contributed by atoms with van der Waals surface area (Å²) < 4.78 is 14.3. The molecule has 0 N–H and O–H groups in total. The third kappa shape index (κ3) is 4.36. The van der Waals surface area contributed by atoms with Gasteiger partial charge >= 0.3 is 11.9 Å². The summed E-state index contributed by atoms with van der Waals surface area (Å²) in [6, 6.07) is 0.0701. The van der Waals surface area contributed by atoms with Crippen LogP contribution in [0, 0.1) is 0 Å². The van der Waals surface area contributed by atoms with Crippen LogP contribution in [0.4, 0.5) is 0 Å². The molecule has 0 saturated heterocycles. The molecule has 0 spiro atoms. The molecule has 0 aromatic rings. The van der Waals surface area contributed by atoms with Crippen molar-refractivity contribution in [2.24, 2.45) is 15.2 Å². The van der Waals surface area contributed by atoms with E-state index in [1.165, 1.54) is 14.2 Å². The van der Waals surface area contributed by atoms with E-state index in [1.54, 1.807) is 0 Å². The maximum Gasteiger partial charge on any atom is 0.359 e. The van der Waals surface area contributed by atoms with E-state index < -0.39 is 19.3 Å². The molecule has 160 valence electrons. The Kier molecular flexibility index (Phi) is 8.53. The minimum absolute atomic E-state index is 0.0175. The number of carbonyl (C=O) groups excluding carboxylic acids is 2. The lowest BCUT2D eigenvalue weighted by Crippen LogP contribution is -2.50. The first-order chi connectivity index (χ1) is 13.0. The molecule has 0 amide bonds. The molecule has 1 aliphatic rings. The molecule has 0 radical (unpaired) electrons. The molecule has 0 atom stereocenters. The molecule has 9 nitrogen and oxygen atoms in total. The minimum atomic E-state index is -3.01. The number of rotatable bonds is 8. The summed E-state index contributed by atoms with van der Waals surface area (Å²) in [6.07, 6.45) is 0. The van der Waals surface area contributed by atoms with Crippen LogP contribution >= 0.6 is 7.34 Å². The fourth-order valence-corrected chi connectivity index (χ4v) is 8.29. The lowest BCUT2D eigenvalue weighted by atomic mass is 10.2. The highest BCUT2D eigenvalue weighted by Gasteiger charge is 2.49. The quantitative estimate of drug-likeness (QED) is 0.446. The zero-order valence-corrected chi connectivity index (χ0v) is 19.5. The molecule has 0 bridgehead atoms. The van der Waals surface area contributed by atoms with Crippen LogP contribution in [0.1, 0.15) is 55.4 Å². The Bertz CT molecular complexity index is 673. The highest BCUT2D eigenvalue weighted by molar-refractivity contribution is 7.75. The molecule has 28 heavy (non-hydrogen) atoms. The first-order valence-electron chi connectivity index (χ1n) is 9.48. The highest BCUT2D eigenvalue weighted by atomic mass is 31.2. The number of methoxy groups -OCH3 is 2. The predicted molar refractivity (Wildman–Crippen MR) is 112 cm³/mol. The van der Waals surface area contributed by atoms with Gasteiger partial charge in [-0.15, -0.1) is 9.99 Å². The van der Waals surface area contributed by atoms with Crippen molar-refractivity contribution < 1.29 is 19.1 Å². The van der Waals surface area contributed by atoms with Gasteiger partial charge in [0.15, 0.2) is 13.0 Å². The smallest absolute Gasteiger partial charge is 0.359 e. The fourth-order valence-electron chi connectivity index (χ4n) is 3.83. The maximum absolute atomic E-state index is 13.0. The van der Waals surface area contributed by atoms with Crippen molar-refractivity contribution in [3.8, 4) is 0 Å². The highest BCUT2D eigenvalue weighted by Crippen LogP contribution is 2.63. The van der Waals surface area contributed by atoms with Crippen molar-refractivity contribution in [1.82, 2.24) is 9.34 Å². The monoisotopic (exact) mass is 415 g/mol. The SMILES string of the molecule is COC(=O)C1=NN=NP(N(C(C)C)C(C)C)(N(C(C)C)C(C)C)=C1C(=O)OC. The van der Waals surface area contributed by atoms with Gasteiger partial charge in [-0.1, -0.05) is 0 Å². The van der Waals surface area contributed by atoms with Gasteiger partial charge in [-0.3, -0.25) is 0 Å². The van der Waals surface area contributed by atoms with Gasteiger partial charge in [-0.2, -0.15) is 0 Å². The Morgan fingerprint density at radius 1 is 0.786 bits per heavy atom. The molecule has 10 heteroatoms. The van der Waals surface area contributed by atoms with Crippen molar-refractivity contribution in [3.63, 3.8) is 0 Å². The number of nitrogens with zero attached hydrogens (tertiary/aromatic N) is 5. The number of esters is 2. The van der Waals surface area contributed by atoms with Crippen molar-refractivity contribution in [2.75, 3.05) is 14.2 Å². The van der Waals surface area contributed by atoms with Crippen LogP contribution < -0.4 is 0 Å². The van der Waals surface area contributed by atoms with Gasteiger partial charge in [0.25, 0.3) is 0 Å². The topological polar surface area (TPSA) is 96.2 Å². The lowest BCUT2D eigenvalue weighted by Gasteiger charge is -2.50. The van der Waals surface area contributed by atoms with E-state index in [4.69, 9.17) is 9.47 Å². The average Bonchev–Trinajstić information content (AvgIpc) is 2.58. The molecule has 0 fully saturated rings. The summed E-state index contributed by atoms with van der Waals surface area (Å²) in [5.74, 6) is -1.38. The molecule has 0 aliphatic carbocycles. The Morgan fingerprint density at radius 2 is 1.18 bits per heavy atom. The summed E-state index contributed by atoms with van der Waals surface area (Å²) in [6.45, 7) is 16.3. The molecule has 0 aromatic heterocycles. The molecule has 1 rings (SSSR count). The van der Waals surface area contributed by atoms with Gasteiger partial charge in [0.2, 0.25) is 0 Å². The third-order valence-electron chi connectivity index (χ3n) is 4.35. The van der Waals surface area contributed by atoms with E-state index in [2.05, 4.69) is 24.6 Å². The van der Waals surface area contributed by atoms with E-state index in [-0.39, 0.29) is 35.2 Å². The first kappa shape index (κ1) is 24.5. The summed E-state index contributed by atoms with van der Waals surface area (Å²) in [7, 11) is -0.472. The maximum atomic E-state index is 13.0. The fraction of sp³-hybridized carbons (Fsp3) is 0.778. The molecule has 0 unspecified atom stereocenters.